The topological polar surface area (TPSA) is 129 Å². The van der Waals surface area contributed by atoms with Crippen LogP contribution < -0.4 is 15.5 Å². The molecule has 0 saturated carbocycles. The number of rotatable bonds is 5. The Kier molecular flexibility index (Phi) is 7.85. The van der Waals surface area contributed by atoms with Gasteiger partial charge in [-0.1, -0.05) is 0 Å². The summed E-state index contributed by atoms with van der Waals surface area (Å²) >= 11 is 0. The Morgan fingerprint density at radius 3 is 2.66 bits per heavy atom. The van der Waals surface area contributed by atoms with Crippen molar-refractivity contribution in [3.63, 3.8) is 0 Å². The number of alkyl halides is 1. The number of anilines is 3. The molecule has 2 aliphatic rings. The van der Waals surface area contributed by atoms with Crippen molar-refractivity contribution in [1.29, 1.82) is 0 Å². The van der Waals surface area contributed by atoms with Crippen molar-refractivity contribution >= 4 is 29.7 Å². The quantitative estimate of drug-likeness (QED) is 0.650. The molecule has 12 nitrogen and oxygen atoms in total. The van der Waals surface area contributed by atoms with Gasteiger partial charge in [-0.15, -0.1) is 5.10 Å². The van der Waals surface area contributed by atoms with Crippen LogP contribution in [0.1, 0.15) is 19.3 Å². The molecule has 4 rings (SSSR count). The van der Waals surface area contributed by atoms with Crippen molar-refractivity contribution in [3.05, 3.63) is 30.6 Å². The summed E-state index contributed by atoms with van der Waals surface area (Å²) in [6.07, 6.45) is 2.89. The second kappa shape index (κ2) is 11.2. The molecular weight excluding hydrogens is 457 g/mol. The molecule has 2 aromatic heterocycles. The zero-order valence-electron chi connectivity index (χ0n) is 19.8. The molecule has 0 aromatic carbocycles. The molecule has 2 fully saturated rings. The third-order valence-corrected chi connectivity index (χ3v) is 6.22. The van der Waals surface area contributed by atoms with Crippen LogP contribution in [0.4, 0.5) is 31.6 Å². The molecule has 0 aliphatic carbocycles. The Balaban J connectivity index is 1.35. The molecule has 0 bridgehead atoms. The predicted octanol–water partition coefficient (Wildman–Crippen LogP) is 1.99. The van der Waals surface area contributed by atoms with Crippen LogP contribution in [-0.4, -0.2) is 101 Å². The van der Waals surface area contributed by atoms with Crippen molar-refractivity contribution in [3.8, 4) is 0 Å². The van der Waals surface area contributed by atoms with Gasteiger partial charge in [-0.05, 0) is 44.5 Å². The molecular formula is C22H30FN9O3. The van der Waals surface area contributed by atoms with E-state index in [1.807, 2.05) is 7.05 Å². The largest absolute Gasteiger partial charge is 0.446 e. The first-order valence-electron chi connectivity index (χ1n) is 11.6. The highest BCUT2D eigenvalue weighted by Crippen LogP contribution is 2.23. The zero-order valence-corrected chi connectivity index (χ0v) is 19.8. The van der Waals surface area contributed by atoms with Gasteiger partial charge >= 0.3 is 12.1 Å². The lowest BCUT2D eigenvalue weighted by molar-refractivity contribution is 0.0661. The fraction of sp³-hybridized carbons (Fsp3) is 0.545. The Bertz CT molecular complexity index is 1010. The Morgan fingerprint density at radius 2 is 1.91 bits per heavy atom. The van der Waals surface area contributed by atoms with Gasteiger partial charge < -0.3 is 19.4 Å². The predicted molar refractivity (Wildman–Crippen MR) is 127 cm³/mol. The van der Waals surface area contributed by atoms with Gasteiger partial charge in [0.2, 0.25) is 5.95 Å². The molecule has 0 spiro atoms. The van der Waals surface area contributed by atoms with Gasteiger partial charge in [0.25, 0.3) is 0 Å². The monoisotopic (exact) mass is 487 g/mol. The summed E-state index contributed by atoms with van der Waals surface area (Å²) in [5.41, 5.74) is 0. The van der Waals surface area contributed by atoms with Crippen molar-refractivity contribution in [2.45, 2.75) is 37.6 Å². The molecule has 2 atom stereocenters. The molecule has 2 aromatic rings. The molecule has 2 N–H and O–H groups in total. The molecule has 4 heterocycles. The van der Waals surface area contributed by atoms with Crippen molar-refractivity contribution < 1.29 is 18.7 Å². The highest BCUT2D eigenvalue weighted by atomic mass is 19.1. The minimum Gasteiger partial charge on any atom is -0.446 e. The number of nitrogens with one attached hydrogen (secondary N) is 2. The third kappa shape index (κ3) is 6.50. The van der Waals surface area contributed by atoms with E-state index in [-0.39, 0.29) is 24.9 Å². The van der Waals surface area contributed by atoms with Crippen LogP contribution in [0, 0.1) is 0 Å². The highest BCUT2D eigenvalue weighted by molar-refractivity contribution is 5.88. The number of hydrogen-bond donors (Lipinski definition) is 2. The van der Waals surface area contributed by atoms with Crippen LogP contribution in [0.3, 0.4) is 0 Å². The number of urea groups is 1. The molecule has 0 unspecified atom stereocenters. The maximum Gasteiger partial charge on any atom is 0.413 e. The van der Waals surface area contributed by atoms with Gasteiger partial charge in [-0.2, -0.15) is 10.1 Å². The molecule has 2 aliphatic heterocycles. The molecule has 35 heavy (non-hydrogen) atoms. The number of likely N-dealkylation sites (tertiary alicyclic amines) is 1. The number of amides is 3. The van der Waals surface area contributed by atoms with Gasteiger partial charge in [0.15, 0.2) is 5.82 Å². The van der Waals surface area contributed by atoms with Crippen molar-refractivity contribution in [2.24, 2.45) is 0 Å². The van der Waals surface area contributed by atoms with E-state index in [4.69, 9.17) is 4.74 Å². The number of likely N-dealkylation sites (N-methyl/N-ethyl adjacent to an activating group) is 1. The third-order valence-electron chi connectivity index (χ3n) is 6.22. The van der Waals surface area contributed by atoms with Crippen LogP contribution in [0.25, 0.3) is 0 Å². The SMILES string of the molecule is CN1CCC(OC(=O)Nc2ccnc(N3CC[C@@H](F)[C@@H](N(C)C(=O)Nc4cccnn4)C3)n2)CC1. The highest BCUT2D eigenvalue weighted by Gasteiger charge is 2.35. The van der Waals surface area contributed by atoms with E-state index in [9.17, 15) is 14.0 Å². The lowest BCUT2D eigenvalue weighted by Gasteiger charge is -2.39. The van der Waals surface area contributed by atoms with Crippen molar-refractivity contribution in [1.82, 2.24) is 30.0 Å². The van der Waals surface area contributed by atoms with Crippen LogP contribution in [0.15, 0.2) is 30.6 Å². The lowest BCUT2D eigenvalue weighted by atomic mass is 10.0. The van der Waals surface area contributed by atoms with E-state index in [0.29, 0.717) is 18.3 Å². The summed E-state index contributed by atoms with van der Waals surface area (Å²) in [6.45, 7) is 2.33. The number of halogens is 1. The van der Waals surface area contributed by atoms with E-state index in [1.54, 1.807) is 23.1 Å². The smallest absolute Gasteiger partial charge is 0.413 e. The number of aromatic nitrogens is 4. The second-order valence-electron chi connectivity index (χ2n) is 8.74. The maximum atomic E-state index is 14.8. The number of carbonyl (C=O) groups is 2. The fourth-order valence-electron chi connectivity index (χ4n) is 4.12. The molecule has 13 heteroatoms. The van der Waals surface area contributed by atoms with Gasteiger partial charge in [0.1, 0.15) is 18.1 Å². The summed E-state index contributed by atoms with van der Waals surface area (Å²) in [6, 6.07) is 3.59. The summed E-state index contributed by atoms with van der Waals surface area (Å²) in [5.74, 6) is 0.906. The Morgan fingerprint density at radius 1 is 1.11 bits per heavy atom. The summed E-state index contributed by atoms with van der Waals surface area (Å²) < 4.78 is 20.3. The lowest BCUT2D eigenvalue weighted by Crippen LogP contribution is -2.55. The Labute approximate surface area is 202 Å². The molecule has 188 valence electrons. The minimum atomic E-state index is -1.21. The standard InChI is InChI=1S/C22H30FN9O3/c1-30-11-6-15(7-12-30)35-22(34)28-18-5-10-24-20(26-18)32-13-8-16(23)17(14-32)31(2)21(33)27-19-4-3-9-25-29-19/h3-5,9-10,15-17H,6-8,11-14H2,1-2H3,(H,27,29,33)(H,24,26,28,34)/t16-,17+/m1/s1. The minimum absolute atomic E-state index is 0.125. The summed E-state index contributed by atoms with van der Waals surface area (Å²) in [5, 5.41) is 12.8. The van der Waals surface area contributed by atoms with Gasteiger partial charge in [0.05, 0.1) is 6.04 Å². The van der Waals surface area contributed by atoms with E-state index in [0.717, 1.165) is 25.9 Å². The molecule has 3 amide bonds. The summed E-state index contributed by atoms with van der Waals surface area (Å²) in [7, 11) is 3.57. The van der Waals surface area contributed by atoms with Crippen molar-refractivity contribution in [2.75, 3.05) is 55.8 Å². The molecule has 0 radical (unpaired) electrons. The number of hydrogen-bond acceptors (Lipinski definition) is 9. The second-order valence-corrected chi connectivity index (χ2v) is 8.74. The number of carbonyl (C=O) groups excluding carboxylic acids is 2. The van der Waals surface area contributed by atoms with Crippen LogP contribution in [0.5, 0.6) is 0 Å². The first-order valence-corrected chi connectivity index (χ1v) is 11.6. The first kappa shape index (κ1) is 24.5. The number of nitrogens with zero attached hydrogens (tertiary/aromatic N) is 7. The van der Waals surface area contributed by atoms with E-state index in [1.165, 1.54) is 24.3 Å². The van der Waals surface area contributed by atoms with E-state index in [2.05, 4.69) is 35.7 Å². The average molecular weight is 488 g/mol. The van der Waals surface area contributed by atoms with E-state index < -0.39 is 24.3 Å². The van der Waals surface area contributed by atoms with Gasteiger partial charge in [-0.25, -0.2) is 19.0 Å². The van der Waals surface area contributed by atoms with Gasteiger partial charge in [-0.3, -0.25) is 10.6 Å². The van der Waals surface area contributed by atoms with Crippen LogP contribution >= 0.6 is 0 Å². The maximum absolute atomic E-state index is 14.8. The Hall–Kier alpha value is -3.61. The average Bonchev–Trinajstić information content (AvgIpc) is 2.86. The summed E-state index contributed by atoms with van der Waals surface area (Å²) in [4.78, 5) is 38.9. The van der Waals surface area contributed by atoms with Gasteiger partial charge in [0, 0.05) is 45.6 Å². The fourth-order valence-corrected chi connectivity index (χ4v) is 4.12. The van der Waals surface area contributed by atoms with E-state index >= 15 is 0 Å². The first-order chi connectivity index (χ1) is 16.9. The molecule has 2 saturated heterocycles. The normalized spacial score (nSPS) is 21.3. The van der Waals surface area contributed by atoms with Crippen LogP contribution in [0.2, 0.25) is 0 Å². The number of ether oxygens (including phenoxy) is 1. The zero-order chi connectivity index (χ0) is 24.8. The van der Waals surface area contributed by atoms with Crippen LogP contribution in [-0.2, 0) is 4.74 Å². The number of piperidine rings is 2.